The molecule has 0 bridgehead atoms. The third-order valence-corrected chi connectivity index (χ3v) is 5.15. The summed E-state index contributed by atoms with van der Waals surface area (Å²) in [6, 6.07) is 11.8. The van der Waals surface area contributed by atoms with Crippen LogP contribution in [0.1, 0.15) is 16.7 Å². The van der Waals surface area contributed by atoms with Crippen LogP contribution >= 0.6 is 23.2 Å². The van der Waals surface area contributed by atoms with E-state index >= 15 is 0 Å². The van der Waals surface area contributed by atoms with Crippen molar-refractivity contribution in [2.75, 3.05) is 14.2 Å². The van der Waals surface area contributed by atoms with Crippen molar-refractivity contribution in [2.24, 2.45) is 0 Å². The Bertz CT molecular complexity index is 1210. The molecule has 11 heteroatoms. The minimum absolute atomic E-state index is 0.00403. The van der Waals surface area contributed by atoms with Crippen LogP contribution < -0.4 is 9.47 Å². The molecular weight excluding hydrogens is 510 g/mol. The molecule has 0 aliphatic heterocycles. The number of hydrogen-bond acceptors (Lipinski definition) is 6. The first kappa shape index (κ1) is 26.2. The Morgan fingerprint density at radius 3 is 2.31 bits per heavy atom. The number of carbonyl (C=O) groups is 1. The summed E-state index contributed by atoms with van der Waals surface area (Å²) in [6.07, 6.45) is -2.60. The van der Waals surface area contributed by atoms with E-state index in [9.17, 15) is 18.0 Å². The van der Waals surface area contributed by atoms with Crippen molar-refractivity contribution in [3.8, 4) is 17.4 Å². The number of benzene rings is 2. The predicted octanol–water partition coefficient (Wildman–Crippen LogP) is 6.94. The molecule has 184 valence electrons. The third-order valence-electron chi connectivity index (χ3n) is 4.58. The topological polar surface area (TPSA) is 66.9 Å². The SMILES string of the molecule is CO/C=C(/C(=O)OC)c1ccccc1COc1cc(Cl)c(Oc2ccc(C(F)(F)F)cn2)c(Cl)c1. The highest BCUT2D eigenvalue weighted by atomic mass is 35.5. The third kappa shape index (κ3) is 6.58. The fourth-order valence-corrected chi connectivity index (χ4v) is 3.49. The van der Waals surface area contributed by atoms with Gasteiger partial charge in [-0.1, -0.05) is 47.5 Å². The minimum atomic E-state index is -4.52. The average Bonchev–Trinajstić information content (AvgIpc) is 2.83. The molecule has 0 amide bonds. The second-order valence-electron chi connectivity index (χ2n) is 6.91. The number of ether oxygens (including phenoxy) is 4. The van der Waals surface area contributed by atoms with Crippen molar-refractivity contribution >= 4 is 34.7 Å². The quantitative estimate of drug-likeness (QED) is 0.179. The fraction of sp³-hybridized carbons (Fsp3) is 0.167. The van der Waals surface area contributed by atoms with Crippen LogP contribution in [0.3, 0.4) is 0 Å². The molecule has 0 unspecified atom stereocenters. The maximum Gasteiger partial charge on any atom is 0.417 e. The van der Waals surface area contributed by atoms with Crippen LogP contribution in [-0.2, 0) is 27.1 Å². The maximum atomic E-state index is 12.7. The van der Waals surface area contributed by atoms with Gasteiger partial charge >= 0.3 is 12.1 Å². The van der Waals surface area contributed by atoms with E-state index in [0.29, 0.717) is 17.3 Å². The van der Waals surface area contributed by atoms with Crippen molar-refractivity contribution in [1.82, 2.24) is 4.98 Å². The van der Waals surface area contributed by atoms with E-state index in [1.807, 2.05) is 0 Å². The molecular formula is C24H18Cl2F3NO5. The Morgan fingerprint density at radius 2 is 1.74 bits per heavy atom. The molecule has 2 aromatic carbocycles. The van der Waals surface area contributed by atoms with Crippen LogP contribution in [-0.4, -0.2) is 25.2 Å². The molecule has 0 aliphatic rings. The van der Waals surface area contributed by atoms with Gasteiger partial charge in [0.1, 0.15) is 17.9 Å². The van der Waals surface area contributed by atoms with Crippen LogP contribution in [0.15, 0.2) is 61.0 Å². The van der Waals surface area contributed by atoms with Crippen LogP contribution in [0.4, 0.5) is 13.2 Å². The number of alkyl halides is 3. The van der Waals surface area contributed by atoms with Gasteiger partial charge in [0.2, 0.25) is 5.88 Å². The van der Waals surface area contributed by atoms with Gasteiger partial charge in [0.25, 0.3) is 0 Å². The summed E-state index contributed by atoms with van der Waals surface area (Å²) in [5, 5.41) is 0.106. The molecule has 0 spiro atoms. The Labute approximate surface area is 208 Å². The average molecular weight is 528 g/mol. The number of aromatic nitrogens is 1. The van der Waals surface area contributed by atoms with E-state index < -0.39 is 17.7 Å². The zero-order chi connectivity index (χ0) is 25.6. The summed E-state index contributed by atoms with van der Waals surface area (Å²) in [7, 11) is 2.68. The van der Waals surface area contributed by atoms with Gasteiger partial charge in [-0.15, -0.1) is 0 Å². The van der Waals surface area contributed by atoms with E-state index in [0.717, 1.165) is 12.1 Å². The van der Waals surface area contributed by atoms with Gasteiger partial charge in [-0.2, -0.15) is 13.2 Å². The number of hydrogen-bond donors (Lipinski definition) is 0. The molecule has 1 aromatic heterocycles. The normalized spacial score (nSPS) is 11.7. The Balaban J connectivity index is 1.78. The number of carbonyl (C=O) groups excluding carboxylic acids is 1. The zero-order valence-corrected chi connectivity index (χ0v) is 19.9. The van der Waals surface area contributed by atoms with E-state index in [1.54, 1.807) is 24.3 Å². The van der Waals surface area contributed by atoms with Crippen LogP contribution in [0.25, 0.3) is 5.57 Å². The van der Waals surface area contributed by atoms with E-state index in [2.05, 4.69) is 4.98 Å². The van der Waals surface area contributed by atoms with Gasteiger partial charge in [0, 0.05) is 24.4 Å². The first-order valence-electron chi connectivity index (χ1n) is 9.86. The number of nitrogens with zero attached hydrogens (tertiary/aromatic N) is 1. The first-order valence-corrected chi connectivity index (χ1v) is 10.6. The van der Waals surface area contributed by atoms with Crippen molar-refractivity contribution in [1.29, 1.82) is 0 Å². The molecule has 35 heavy (non-hydrogen) atoms. The minimum Gasteiger partial charge on any atom is -0.503 e. The lowest BCUT2D eigenvalue weighted by Crippen LogP contribution is -2.08. The number of esters is 1. The van der Waals surface area contributed by atoms with Crippen molar-refractivity contribution in [3.63, 3.8) is 0 Å². The molecule has 0 atom stereocenters. The smallest absolute Gasteiger partial charge is 0.417 e. The Kier molecular flexibility index (Phi) is 8.48. The highest BCUT2D eigenvalue weighted by molar-refractivity contribution is 6.37. The molecule has 0 fully saturated rings. The van der Waals surface area contributed by atoms with Crippen molar-refractivity contribution < 1.29 is 36.9 Å². The molecule has 0 aliphatic carbocycles. The fourth-order valence-electron chi connectivity index (χ4n) is 2.95. The second kappa shape index (κ2) is 11.3. The predicted molar refractivity (Wildman–Crippen MR) is 124 cm³/mol. The van der Waals surface area contributed by atoms with Crippen LogP contribution in [0, 0.1) is 0 Å². The summed E-state index contributed by atoms with van der Waals surface area (Å²) >= 11 is 12.5. The highest BCUT2D eigenvalue weighted by Gasteiger charge is 2.30. The Morgan fingerprint density at radius 1 is 1.06 bits per heavy atom. The summed E-state index contributed by atoms with van der Waals surface area (Å²) < 4.78 is 59.2. The molecule has 0 N–H and O–H groups in total. The monoisotopic (exact) mass is 527 g/mol. The zero-order valence-electron chi connectivity index (χ0n) is 18.4. The second-order valence-corrected chi connectivity index (χ2v) is 7.72. The highest BCUT2D eigenvalue weighted by Crippen LogP contribution is 2.40. The largest absolute Gasteiger partial charge is 0.503 e. The molecule has 6 nitrogen and oxygen atoms in total. The molecule has 3 rings (SSSR count). The van der Waals surface area contributed by atoms with Gasteiger partial charge in [-0.3, -0.25) is 0 Å². The van der Waals surface area contributed by atoms with Crippen LogP contribution in [0.2, 0.25) is 10.0 Å². The maximum absolute atomic E-state index is 12.7. The summed E-state index contributed by atoms with van der Waals surface area (Å²) in [5.41, 5.74) is 0.495. The number of halogens is 5. The molecule has 1 heterocycles. The lowest BCUT2D eigenvalue weighted by molar-refractivity contribution is -0.138. The van der Waals surface area contributed by atoms with Crippen LogP contribution in [0.5, 0.6) is 17.4 Å². The van der Waals surface area contributed by atoms with E-state index in [-0.39, 0.29) is 39.6 Å². The van der Waals surface area contributed by atoms with E-state index in [1.165, 1.54) is 32.6 Å². The van der Waals surface area contributed by atoms with Gasteiger partial charge < -0.3 is 18.9 Å². The molecule has 0 saturated carbocycles. The van der Waals surface area contributed by atoms with Gasteiger partial charge in [-0.25, -0.2) is 9.78 Å². The summed E-state index contributed by atoms with van der Waals surface area (Å²) in [4.78, 5) is 15.8. The van der Waals surface area contributed by atoms with Crippen molar-refractivity contribution in [2.45, 2.75) is 12.8 Å². The van der Waals surface area contributed by atoms with Gasteiger partial charge in [0.05, 0.1) is 36.1 Å². The number of rotatable bonds is 8. The standard InChI is InChI=1S/C24H18Cl2F3NO5/c1-32-13-18(23(31)33-2)17-6-4-3-5-14(17)12-34-16-9-19(25)22(20(26)10-16)35-21-8-7-15(11-30-21)24(27,28)29/h3-11,13H,12H2,1-2H3/b18-13+. The van der Waals surface area contributed by atoms with E-state index in [4.69, 9.17) is 42.1 Å². The van der Waals surface area contributed by atoms with Crippen molar-refractivity contribution in [3.05, 3.63) is 87.7 Å². The first-order chi connectivity index (χ1) is 16.6. The van der Waals surface area contributed by atoms with Gasteiger partial charge in [0.15, 0.2) is 5.75 Å². The lowest BCUT2D eigenvalue weighted by atomic mass is 10.0. The Hall–Kier alpha value is -3.43. The molecule has 0 radical (unpaired) electrons. The lowest BCUT2D eigenvalue weighted by Gasteiger charge is -2.14. The molecule has 3 aromatic rings. The number of pyridine rings is 1. The molecule has 0 saturated heterocycles. The van der Waals surface area contributed by atoms with Gasteiger partial charge in [-0.05, 0) is 17.2 Å². The number of methoxy groups -OCH3 is 2. The summed E-state index contributed by atoms with van der Waals surface area (Å²) in [6.45, 7) is 0.0432. The summed E-state index contributed by atoms with van der Waals surface area (Å²) in [5.74, 6) is -0.407.